The van der Waals surface area contributed by atoms with Crippen LogP contribution in [-0.4, -0.2) is 53.3 Å². The standard InChI is InChI=1S/C11H19N3O3S/c1-3-8-10(16)13-9(15)6-14(8)11(17)7(12)4-5-18-2/h7-8H,3-6,12H2,1-2H3,(H,13,15,16)/t7-,8?/m0/s1. The van der Waals surface area contributed by atoms with Gasteiger partial charge in [-0.3, -0.25) is 19.7 Å². The Kier molecular flexibility index (Phi) is 5.61. The van der Waals surface area contributed by atoms with E-state index in [2.05, 4.69) is 5.32 Å². The van der Waals surface area contributed by atoms with Crippen molar-refractivity contribution >= 4 is 29.5 Å². The molecular formula is C11H19N3O3S. The molecule has 1 rings (SSSR count). The predicted octanol–water partition coefficient (Wildman–Crippen LogP) is -0.670. The van der Waals surface area contributed by atoms with Crippen molar-refractivity contribution < 1.29 is 14.4 Å². The molecule has 0 aromatic heterocycles. The minimum atomic E-state index is -0.648. The number of hydrogen-bond acceptors (Lipinski definition) is 5. The highest BCUT2D eigenvalue weighted by molar-refractivity contribution is 7.98. The molecule has 0 spiro atoms. The third-order valence-corrected chi connectivity index (χ3v) is 3.52. The van der Waals surface area contributed by atoms with Gasteiger partial charge in [0, 0.05) is 0 Å². The van der Waals surface area contributed by atoms with Gasteiger partial charge >= 0.3 is 0 Å². The topological polar surface area (TPSA) is 92.5 Å². The van der Waals surface area contributed by atoms with Gasteiger partial charge in [0.1, 0.15) is 12.6 Å². The Morgan fingerprint density at radius 1 is 1.61 bits per heavy atom. The summed E-state index contributed by atoms with van der Waals surface area (Å²) in [6, 6.07) is -1.24. The van der Waals surface area contributed by atoms with Crippen molar-refractivity contribution in [3.05, 3.63) is 0 Å². The van der Waals surface area contributed by atoms with Crippen molar-refractivity contribution in [3.63, 3.8) is 0 Å². The van der Waals surface area contributed by atoms with E-state index in [4.69, 9.17) is 5.73 Å². The Morgan fingerprint density at radius 2 is 2.28 bits per heavy atom. The molecule has 0 aromatic carbocycles. The SMILES string of the molecule is CCC1C(=O)NC(=O)CN1C(=O)[C@@H](N)CCSC. The second kappa shape index (κ2) is 6.75. The molecule has 7 heteroatoms. The fourth-order valence-electron chi connectivity index (χ4n) is 1.89. The summed E-state index contributed by atoms with van der Waals surface area (Å²) in [5, 5.41) is 2.23. The molecule has 0 aliphatic carbocycles. The maximum atomic E-state index is 12.1. The van der Waals surface area contributed by atoms with E-state index in [-0.39, 0.29) is 12.5 Å². The van der Waals surface area contributed by atoms with Crippen LogP contribution in [0.5, 0.6) is 0 Å². The molecule has 0 radical (unpaired) electrons. The van der Waals surface area contributed by atoms with E-state index in [1.165, 1.54) is 4.90 Å². The van der Waals surface area contributed by atoms with Crippen LogP contribution >= 0.6 is 11.8 Å². The fourth-order valence-corrected chi connectivity index (χ4v) is 2.37. The molecule has 3 amide bonds. The number of amides is 3. The Balaban J connectivity index is 2.74. The molecule has 3 N–H and O–H groups in total. The number of nitrogens with two attached hydrogens (primary N) is 1. The van der Waals surface area contributed by atoms with E-state index in [1.54, 1.807) is 18.7 Å². The number of rotatable bonds is 5. The molecule has 6 nitrogen and oxygen atoms in total. The first kappa shape index (κ1) is 15.0. The van der Waals surface area contributed by atoms with Crippen molar-refractivity contribution in [1.29, 1.82) is 0 Å². The highest BCUT2D eigenvalue weighted by atomic mass is 32.2. The number of thioether (sulfide) groups is 1. The number of piperazine rings is 1. The molecule has 1 aliphatic rings. The van der Waals surface area contributed by atoms with Crippen LogP contribution in [0.1, 0.15) is 19.8 Å². The predicted molar refractivity (Wildman–Crippen MR) is 69.9 cm³/mol. The maximum absolute atomic E-state index is 12.1. The smallest absolute Gasteiger partial charge is 0.249 e. The summed E-state index contributed by atoms with van der Waals surface area (Å²) in [6.45, 7) is 1.71. The van der Waals surface area contributed by atoms with Gasteiger partial charge in [0.25, 0.3) is 0 Å². The molecule has 1 heterocycles. The zero-order valence-corrected chi connectivity index (χ0v) is 11.5. The van der Waals surface area contributed by atoms with Crippen molar-refractivity contribution in [2.45, 2.75) is 31.8 Å². The molecule has 18 heavy (non-hydrogen) atoms. The summed E-state index contributed by atoms with van der Waals surface area (Å²) in [7, 11) is 0. The number of carbonyl (C=O) groups excluding carboxylic acids is 3. The zero-order chi connectivity index (χ0) is 13.7. The van der Waals surface area contributed by atoms with Crippen LogP contribution in [0.3, 0.4) is 0 Å². The minimum Gasteiger partial charge on any atom is -0.320 e. The lowest BCUT2D eigenvalue weighted by atomic mass is 10.1. The molecule has 1 unspecified atom stereocenters. The van der Waals surface area contributed by atoms with E-state index >= 15 is 0 Å². The quantitative estimate of drug-likeness (QED) is 0.648. The van der Waals surface area contributed by atoms with Crippen molar-refractivity contribution in [1.82, 2.24) is 10.2 Å². The zero-order valence-electron chi connectivity index (χ0n) is 10.6. The second-order valence-corrected chi connectivity index (χ2v) is 5.18. The highest BCUT2D eigenvalue weighted by Gasteiger charge is 2.37. The Bertz CT molecular complexity index is 348. The lowest BCUT2D eigenvalue weighted by Gasteiger charge is -2.34. The van der Waals surface area contributed by atoms with Crippen LogP contribution in [0.2, 0.25) is 0 Å². The first-order valence-electron chi connectivity index (χ1n) is 5.90. The fraction of sp³-hybridized carbons (Fsp3) is 0.727. The number of hydrogen-bond donors (Lipinski definition) is 2. The lowest BCUT2D eigenvalue weighted by Crippen LogP contribution is -2.62. The number of imide groups is 1. The molecule has 1 fully saturated rings. The highest BCUT2D eigenvalue weighted by Crippen LogP contribution is 2.12. The van der Waals surface area contributed by atoms with Crippen molar-refractivity contribution in [2.75, 3.05) is 18.6 Å². The number of nitrogens with zero attached hydrogens (tertiary/aromatic N) is 1. The number of carbonyl (C=O) groups is 3. The summed E-state index contributed by atoms with van der Waals surface area (Å²) < 4.78 is 0. The van der Waals surface area contributed by atoms with Gasteiger partial charge in [-0.05, 0) is 24.9 Å². The van der Waals surface area contributed by atoms with Gasteiger partial charge < -0.3 is 10.6 Å². The van der Waals surface area contributed by atoms with E-state index < -0.39 is 23.9 Å². The van der Waals surface area contributed by atoms with Crippen LogP contribution in [0.4, 0.5) is 0 Å². The normalized spacial score (nSPS) is 21.7. The van der Waals surface area contributed by atoms with Gasteiger partial charge in [-0.15, -0.1) is 0 Å². The van der Waals surface area contributed by atoms with Gasteiger partial charge in [0.2, 0.25) is 17.7 Å². The van der Waals surface area contributed by atoms with Crippen molar-refractivity contribution in [2.24, 2.45) is 5.73 Å². The average Bonchev–Trinajstić information content (AvgIpc) is 2.34. The summed E-state index contributed by atoms with van der Waals surface area (Å²) in [6.07, 6.45) is 2.95. The molecule has 102 valence electrons. The summed E-state index contributed by atoms with van der Waals surface area (Å²) >= 11 is 1.60. The van der Waals surface area contributed by atoms with Crippen LogP contribution in [0.25, 0.3) is 0 Å². The first-order chi connectivity index (χ1) is 8.51. The molecular weight excluding hydrogens is 254 g/mol. The average molecular weight is 273 g/mol. The maximum Gasteiger partial charge on any atom is 0.249 e. The Labute approximate surface area is 111 Å². The summed E-state index contributed by atoms with van der Waals surface area (Å²) in [4.78, 5) is 36.4. The monoisotopic (exact) mass is 273 g/mol. The summed E-state index contributed by atoms with van der Waals surface area (Å²) in [5.41, 5.74) is 5.79. The second-order valence-electron chi connectivity index (χ2n) is 4.19. The van der Waals surface area contributed by atoms with Crippen LogP contribution in [0.15, 0.2) is 0 Å². The molecule has 0 aromatic rings. The summed E-state index contributed by atoms with van der Waals surface area (Å²) in [5.74, 6) is -0.411. The third-order valence-electron chi connectivity index (χ3n) is 2.88. The van der Waals surface area contributed by atoms with E-state index in [9.17, 15) is 14.4 Å². The Hall–Kier alpha value is -1.08. The number of nitrogens with one attached hydrogen (secondary N) is 1. The Morgan fingerprint density at radius 3 is 2.83 bits per heavy atom. The molecule has 1 saturated heterocycles. The largest absolute Gasteiger partial charge is 0.320 e. The van der Waals surface area contributed by atoms with Gasteiger partial charge in [-0.2, -0.15) is 11.8 Å². The van der Waals surface area contributed by atoms with Gasteiger partial charge in [-0.25, -0.2) is 0 Å². The van der Waals surface area contributed by atoms with E-state index in [1.807, 2.05) is 6.26 Å². The van der Waals surface area contributed by atoms with Crippen LogP contribution in [0, 0.1) is 0 Å². The van der Waals surface area contributed by atoms with Gasteiger partial charge in [0.05, 0.1) is 6.04 Å². The van der Waals surface area contributed by atoms with Gasteiger partial charge in [-0.1, -0.05) is 6.92 Å². The van der Waals surface area contributed by atoms with Crippen LogP contribution < -0.4 is 11.1 Å². The molecule has 0 bridgehead atoms. The molecule has 2 atom stereocenters. The van der Waals surface area contributed by atoms with E-state index in [0.717, 1.165) is 5.75 Å². The van der Waals surface area contributed by atoms with E-state index in [0.29, 0.717) is 12.8 Å². The lowest BCUT2D eigenvalue weighted by molar-refractivity contribution is -0.150. The van der Waals surface area contributed by atoms with Gasteiger partial charge in [0.15, 0.2) is 0 Å². The third kappa shape index (κ3) is 3.46. The molecule has 1 aliphatic heterocycles. The first-order valence-corrected chi connectivity index (χ1v) is 7.29. The van der Waals surface area contributed by atoms with Crippen molar-refractivity contribution in [3.8, 4) is 0 Å². The van der Waals surface area contributed by atoms with Crippen LogP contribution in [-0.2, 0) is 14.4 Å². The molecule has 0 saturated carbocycles. The minimum absolute atomic E-state index is 0.0873.